The summed E-state index contributed by atoms with van der Waals surface area (Å²) in [5.74, 6) is 0.817. The summed E-state index contributed by atoms with van der Waals surface area (Å²) in [7, 11) is 0. The van der Waals surface area contributed by atoms with Crippen LogP contribution in [0.25, 0.3) is 0 Å². The Kier molecular flexibility index (Phi) is 1.85. The van der Waals surface area contributed by atoms with Gasteiger partial charge in [-0.1, -0.05) is 24.3 Å². The lowest BCUT2D eigenvalue weighted by Gasteiger charge is -1.99. The molecule has 74 valence electrons. The fraction of sp³-hybridized carbons (Fsp3) is 0.500. The molecule has 0 spiro atoms. The highest BCUT2D eigenvalue weighted by Gasteiger charge is 2.39. The lowest BCUT2D eigenvalue weighted by Crippen LogP contribution is -1.94. The minimum atomic E-state index is 0.0433. The minimum Gasteiger partial charge on any atom is -0.394 e. The second-order valence-corrected chi connectivity index (χ2v) is 4.22. The fourth-order valence-corrected chi connectivity index (χ4v) is 1.95. The first-order valence-corrected chi connectivity index (χ1v) is 5.24. The van der Waals surface area contributed by atoms with E-state index in [1.807, 2.05) is 0 Å². The minimum absolute atomic E-state index is 0.0433. The first kappa shape index (κ1) is 8.45. The molecule has 0 bridgehead atoms. The zero-order chi connectivity index (χ0) is 9.54. The van der Waals surface area contributed by atoms with Crippen molar-refractivity contribution in [1.29, 1.82) is 0 Å². The largest absolute Gasteiger partial charge is 0.394 e. The van der Waals surface area contributed by atoms with Crippen LogP contribution in [0.15, 0.2) is 24.3 Å². The second-order valence-electron chi connectivity index (χ2n) is 4.22. The van der Waals surface area contributed by atoms with Gasteiger partial charge in [-0.05, 0) is 29.9 Å². The SMILES string of the molecule is OCC1OC1c1ccc(C2CC2)cc1. The van der Waals surface area contributed by atoms with Crippen molar-refractivity contribution in [2.24, 2.45) is 0 Å². The third-order valence-corrected chi connectivity index (χ3v) is 3.08. The first-order valence-electron chi connectivity index (χ1n) is 5.24. The molecule has 1 N–H and O–H groups in total. The Labute approximate surface area is 83.5 Å². The van der Waals surface area contributed by atoms with Gasteiger partial charge in [0.1, 0.15) is 12.2 Å². The molecule has 1 aliphatic heterocycles. The smallest absolute Gasteiger partial charge is 0.112 e. The molecular weight excluding hydrogens is 176 g/mol. The van der Waals surface area contributed by atoms with Gasteiger partial charge in [0.2, 0.25) is 0 Å². The van der Waals surface area contributed by atoms with E-state index >= 15 is 0 Å². The van der Waals surface area contributed by atoms with Crippen LogP contribution in [0.2, 0.25) is 0 Å². The molecule has 1 heterocycles. The molecule has 1 aromatic carbocycles. The summed E-state index contributed by atoms with van der Waals surface area (Å²) in [6.45, 7) is 0.134. The molecule has 2 atom stereocenters. The summed E-state index contributed by atoms with van der Waals surface area (Å²) in [4.78, 5) is 0. The molecule has 1 saturated carbocycles. The Hall–Kier alpha value is -0.860. The molecule has 1 saturated heterocycles. The zero-order valence-corrected chi connectivity index (χ0v) is 8.02. The molecule has 0 aromatic heterocycles. The van der Waals surface area contributed by atoms with Crippen molar-refractivity contribution in [3.05, 3.63) is 35.4 Å². The highest BCUT2D eigenvalue weighted by molar-refractivity contribution is 5.31. The number of hydrogen-bond donors (Lipinski definition) is 1. The summed E-state index contributed by atoms with van der Waals surface area (Å²) < 4.78 is 5.32. The third-order valence-electron chi connectivity index (χ3n) is 3.08. The van der Waals surface area contributed by atoms with E-state index in [0.29, 0.717) is 0 Å². The van der Waals surface area contributed by atoms with Gasteiger partial charge in [-0.25, -0.2) is 0 Å². The van der Waals surface area contributed by atoms with E-state index in [1.165, 1.54) is 24.0 Å². The normalized spacial score (nSPS) is 30.4. The van der Waals surface area contributed by atoms with Gasteiger partial charge in [0.15, 0.2) is 0 Å². The molecule has 0 amide bonds. The van der Waals surface area contributed by atoms with Gasteiger partial charge in [-0.15, -0.1) is 0 Å². The third kappa shape index (κ3) is 1.45. The van der Waals surface area contributed by atoms with Gasteiger partial charge >= 0.3 is 0 Å². The van der Waals surface area contributed by atoms with Crippen LogP contribution in [0.1, 0.15) is 36.0 Å². The number of epoxide rings is 1. The van der Waals surface area contributed by atoms with Gasteiger partial charge in [0.05, 0.1) is 6.61 Å². The van der Waals surface area contributed by atoms with E-state index in [-0.39, 0.29) is 18.8 Å². The summed E-state index contributed by atoms with van der Waals surface area (Å²) in [5, 5.41) is 8.87. The van der Waals surface area contributed by atoms with Crippen LogP contribution in [0.3, 0.4) is 0 Å². The predicted octanol–water partition coefficient (Wildman–Crippen LogP) is 2.00. The maximum Gasteiger partial charge on any atom is 0.112 e. The highest BCUT2D eigenvalue weighted by Crippen LogP contribution is 2.42. The highest BCUT2D eigenvalue weighted by atomic mass is 16.6. The topological polar surface area (TPSA) is 32.8 Å². The van der Waals surface area contributed by atoms with Crippen molar-refractivity contribution in [2.75, 3.05) is 6.61 Å². The van der Waals surface area contributed by atoms with Crippen LogP contribution in [-0.2, 0) is 4.74 Å². The molecule has 3 rings (SSSR count). The average Bonchev–Trinajstić information content (AvgIpc) is 3.11. The summed E-state index contributed by atoms with van der Waals surface area (Å²) in [6, 6.07) is 8.66. The van der Waals surface area contributed by atoms with Crippen molar-refractivity contribution in [2.45, 2.75) is 31.0 Å². The van der Waals surface area contributed by atoms with Gasteiger partial charge in [-0.3, -0.25) is 0 Å². The number of rotatable bonds is 3. The number of benzene rings is 1. The standard InChI is InChI=1S/C12H14O2/c13-7-11-12(14-11)10-5-3-9(4-6-10)8-1-2-8/h3-6,8,11-13H,1-2,7H2. The monoisotopic (exact) mass is 190 g/mol. The molecule has 1 aliphatic carbocycles. The molecule has 2 nitrogen and oxygen atoms in total. The summed E-state index contributed by atoms with van der Waals surface area (Å²) in [5.41, 5.74) is 2.66. The van der Waals surface area contributed by atoms with Gasteiger partial charge in [0.25, 0.3) is 0 Å². The average molecular weight is 190 g/mol. The van der Waals surface area contributed by atoms with Crippen LogP contribution >= 0.6 is 0 Å². The Bertz CT molecular complexity index is 327. The zero-order valence-electron chi connectivity index (χ0n) is 8.02. The van der Waals surface area contributed by atoms with Gasteiger partial charge < -0.3 is 9.84 Å². The van der Waals surface area contributed by atoms with Crippen molar-refractivity contribution in [3.63, 3.8) is 0 Å². The Morgan fingerprint density at radius 2 is 1.79 bits per heavy atom. The molecule has 2 unspecified atom stereocenters. The van der Waals surface area contributed by atoms with E-state index in [1.54, 1.807) is 0 Å². The van der Waals surface area contributed by atoms with Crippen LogP contribution in [-0.4, -0.2) is 17.8 Å². The van der Waals surface area contributed by atoms with Gasteiger partial charge in [-0.2, -0.15) is 0 Å². The van der Waals surface area contributed by atoms with Crippen molar-refractivity contribution in [1.82, 2.24) is 0 Å². The quantitative estimate of drug-likeness (QED) is 0.739. The number of aliphatic hydroxyl groups is 1. The number of ether oxygens (including phenoxy) is 1. The van der Waals surface area contributed by atoms with E-state index in [2.05, 4.69) is 24.3 Å². The van der Waals surface area contributed by atoms with E-state index in [4.69, 9.17) is 9.84 Å². The molecule has 2 aliphatic rings. The lowest BCUT2D eigenvalue weighted by molar-refractivity contribution is 0.242. The molecule has 2 heteroatoms. The summed E-state index contributed by atoms with van der Waals surface area (Å²) >= 11 is 0. The predicted molar refractivity (Wildman–Crippen MR) is 53.1 cm³/mol. The van der Waals surface area contributed by atoms with Crippen molar-refractivity contribution < 1.29 is 9.84 Å². The number of hydrogen-bond acceptors (Lipinski definition) is 2. The molecular formula is C12H14O2. The van der Waals surface area contributed by atoms with E-state index in [9.17, 15) is 0 Å². The molecule has 0 radical (unpaired) electrons. The van der Waals surface area contributed by atoms with E-state index in [0.717, 1.165) is 5.92 Å². The van der Waals surface area contributed by atoms with Crippen LogP contribution in [0.5, 0.6) is 0 Å². The lowest BCUT2D eigenvalue weighted by atomic mass is 10.1. The Morgan fingerprint density at radius 1 is 1.14 bits per heavy atom. The van der Waals surface area contributed by atoms with Crippen molar-refractivity contribution >= 4 is 0 Å². The van der Waals surface area contributed by atoms with Crippen LogP contribution < -0.4 is 0 Å². The summed E-state index contributed by atoms with van der Waals surface area (Å²) in [6.07, 6.45) is 2.88. The maximum atomic E-state index is 8.87. The van der Waals surface area contributed by atoms with Crippen LogP contribution in [0, 0.1) is 0 Å². The molecule has 2 fully saturated rings. The van der Waals surface area contributed by atoms with E-state index < -0.39 is 0 Å². The fourth-order valence-electron chi connectivity index (χ4n) is 1.95. The molecule has 1 aromatic rings. The first-order chi connectivity index (χ1) is 6.88. The van der Waals surface area contributed by atoms with Crippen molar-refractivity contribution in [3.8, 4) is 0 Å². The van der Waals surface area contributed by atoms with Gasteiger partial charge in [0, 0.05) is 0 Å². The Morgan fingerprint density at radius 3 is 2.29 bits per heavy atom. The van der Waals surface area contributed by atoms with Crippen LogP contribution in [0.4, 0.5) is 0 Å². The second kappa shape index (κ2) is 3.07. The molecule has 14 heavy (non-hydrogen) atoms. The number of aliphatic hydroxyl groups excluding tert-OH is 1. The Balaban J connectivity index is 1.74. The maximum absolute atomic E-state index is 8.87.